The van der Waals surface area contributed by atoms with Crippen molar-refractivity contribution in [2.75, 3.05) is 13.2 Å². The first-order valence-electron chi connectivity index (χ1n) is 12.7. The number of aliphatic hydroxyl groups is 1. The first kappa shape index (κ1) is 21.4. The van der Waals surface area contributed by atoms with Gasteiger partial charge in [-0.05, 0) is 78.4 Å². The van der Waals surface area contributed by atoms with Crippen LogP contribution in [0.15, 0.2) is 0 Å². The Kier molecular flexibility index (Phi) is 5.39. The van der Waals surface area contributed by atoms with E-state index in [0.717, 1.165) is 32.5 Å². The van der Waals surface area contributed by atoms with Crippen LogP contribution in [-0.4, -0.2) is 36.5 Å². The highest BCUT2D eigenvalue weighted by Crippen LogP contribution is 2.69. The van der Waals surface area contributed by atoms with Crippen LogP contribution in [0.5, 0.6) is 0 Å². The van der Waals surface area contributed by atoms with Crippen LogP contribution in [0.4, 0.5) is 0 Å². The molecule has 0 radical (unpaired) electrons. The molecule has 0 spiro atoms. The number of hydrogen-bond donors (Lipinski definition) is 1. The lowest BCUT2D eigenvalue weighted by molar-refractivity contribution is -0.198. The molecule has 4 heteroatoms. The predicted octanol–water partition coefficient (Wildman–Crippen LogP) is 4.83. The van der Waals surface area contributed by atoms with E-state index in [2.05, 4.69) is 27.7 Å². The van der Waals surface area contributed by atoms with E-state index in [9.17, 15) is 9.90 Å². The Hall–Kier alpha value is -0.450. The second-order valence-electron chi connectivity index (χ2n) is 11.9. The predicted molar refractivity (Wildman–Crippen MR) is 116 cm³/mol. The topological polar surface area (TPSA) is 55.8 Å². The number of carbonyl (C=O) groups is 1. The summed E-state index contributed by atoms with van der Waals surface area (Å²) in [6, 6.07) is 0. The molecular weight excluding hydrogens is 376 g/mol. The molecule has 4 nitrogen and oxygen atoms in total. The molecule has 5 rings (SSSR count). The fourth-order valence-electron chi connectivity index (χ4n) is 9.54. The third kappa shape index (κ3) is 2.92. The van der Waals surface area contributed by atoms with E-state index in [4.69, 9.17) is 9.47 Å². The molecule has 1 heterocycles. The van der Waals surface area contributed by atoms with Crippen molar-refractivity contribution >= 4 is 5.78 Å². The maximum atomic E-state index is 12.4. The molecule has 0 bridgehead atoms. The third-order valence-electron chi connectivity index (χ3n) is 11.0. The number of hydrogen-bond acceptors (Lipinski definition) is 4. The summed E-state index contributed by atoms with van der Waals surface area (Å²) in [5.74, 6) is 3.65. The van der Waals surface area contributed by atoms with E-state index in [1.165, 1.54) is 25.7 Å². The number of carbonyl (C=O) groups excluding carboxylic acids is 1. The van der Waals surface area contributed by atoms with Crippen molar-refractivity contribution in [2.45, 2.75) is 91.5 Å². The number of fused-ring (bicyclic) bond motifs is 5. The molecule has 0 aromatic rings. The van der Waals surface area contributed by atoms with Crippen molar-refractivity contribution in [3.8, 4) is 0 Å². The maximum Gasteiger partial charge on any atom is 0.160 e. The molecule has 1 saturated heterocycles. The number of ketones is 1. The molecule has 5 fully saturated rings. The summed E-state index contributed by atoms with van der Waals surface area (Å²) >= 11 is 0. The van der Waals surface area contributed by atoms with Gasteiger partial charge in [-0.1, -0.05) is 34.1 Å². The van der Waals surface area contributed by atoms with Gasteiger partial charge in [-0.15, -0.1) is 0 Å². The number of ether oxygens (including phenoxy) is 2. The van der Waals surface area contributed by atoms with Gasteiger partial charge in [-0.3, -0.25) is 4.79 Å². The van der Waals surface area contributed by atoms with Crippen LogP contribution in [-0.2, 0) is 14.3 Å². The van der Waals surface area contributed by atoms with Crippen LogP contribution < -0.4 is 0 Å². The Morgan fingerprint density at radius 2 is 1.73 bits per heavy atom. The first-order valence-corrected chi connectivity index (χ1v) is 12.7. The molecule has 4 aliphatic carbocycles. The highest BCUT2D eigenvalue weighted by Gasteiger charge is 2.65. The lowest BCUT2D eigenvalue weighted by Gasteiger charge is -2.64. The molecule has 170 valence electrons. The smallest absolute Gasteiger partial charge is 0.160 e. The Morgan fingerprint density at radius 1 is 1.03 bits per heavy atom. The minimum atomic E-state index is -0.248. The molecule has 4 unspecified atom stereocenters. The van der Waals surface area contributed by atoms with Crippen molar-refractivity contribution in [2.24, 2.45) is 52.3 Å². The van der Waals surface area contributed by atoms with Crippen LogP contribution in [0.25, 0.3) is 0 Å². The number of aliphatic hydroxyl groups excluding tert-OH is 1. The van der Waals surface area contributed by atoms with Crippen molar-refractivity contribution in [1.82, 2.24) is 0 Å². The summed E-state index contributed by atoms with van der Waals surface area (Å²) in [5, 5.41) is 11.7. The van der Waals surface area contributed by atoms with Gasteiger partial charge in [-0.25, -0.2) is 0 Å². The van der Waals surface area contributed by atoms with Crippen molar-refractivity contribution in [3.05, 3.63) is 0 Å². The zero-order valence-corrected chi connectivity index (χ0v) is 19.4. The summed E-state index contributed by atoms with van der Waals surface area (Å²) in [5.41, 5.74) is 0.490. The second-order valence-corrected chi connectivity index (χ2v) is 11.9. The fraction of sp³-hybridized carbons (Fsp3) is 0.962. The highest BCUT2D eigenvalue weighted by molar-refractivity contribution is 5.79. The molecule has 0 aromatic carbocycles. The second kappa shape index (κ2) is 7.56. The normalized spacial score (nSPS) is 52.6. The van der Waals surface area contributed by atoms with Gasteiger partial charge in [0.05, 0.1) is 19.3 Å². The zero-order valence-electron chi connectivity index (χ0n) is 19.4. The number of rotatable bonds is 3. The minimum Gasteiger partial charge on any atom is -0.393 e. The summed E-state index contributed by atoms with van der Waals surface area (Å²) < 4.78 is 11.8. The van der Waals surface area contributed by atoms with Gasteiger partial charge in [0.25, 0.3) is 0 Å². The Balaban J connectivity index is 1.46. The first-order chi connectivity index (χ1) is 14.3. The van der Waals surface area contributed by atoms with Crippen molar-refractivity contribution in [1.29, 1.82) is 0 Å². The molecule has 1 N–H and O–H groups in total. The molecule has 1 aliphatic heterocycles. The third-order valence-corrected chi connectivity index (χ3v) is 11.0. The van der Waals surface area contributed by atoms with E-state index in [1.807, 2.05) is 0 Å². The monoisotopic (exact) mass is 418 g/mol. The van der Waals surface area contributed by atoms with Crippen LogP contribution in [0, 0.1) is 52.3 Å². The summed E-state index contributed by atoms with van der Waals surface area (Å²) in [6.07, 6.45) is 8.11. The van der Waals surface area contributed by atoms with E-state index in [-0.39, 0.29) is 29.1 Å². The minimum absolute atomic E-state index is 0.0470. The average Bonchev–Trinajstić information content (AvgIpc) is 3.37. The maximum absolute atomic E-state index is 12.4. The van der Waals surface area contributed by atoms with E-state index in [0.29, 0.717) is 47.7 Å². The van der Waals surface area contributed by atoms with Crippen molar-refractivity contribution in [3.63, 3.8) is 0 Å². The fourth-order valence-corrected chi connectivity index (χ4v) is 9.54. The Labute approximate surface area is 182 Å². The van der Waals surface area contributed by atoms with Crippen molar-refractivity contribution < 1.29 is 19.4 Å². The summed E-state index contributed by atoms with van der Waals surface area (Å²) in [6.45, 7) is 11.0. The van der Waals surface area contributed by atoms with Gasteiger partial charge in [-0.2, -0.15) is 0 Å². The highest BCUT2D eigenvalue weighted by atomic mass is 16.7. The quantitative estimate of drug-likeness (QED) is 0.713. The molecule has 0 aromatic heterocycles. The largest absolute Gasteiger partial charge is 0.393 e. The average molecular weight is 419 g/mol. The lowest BCUT2D eigenvalue weighted by atomic mass is 9.41. The Morgan fingerprint density at radius 3 is 2.43 bits per heavy atom. The summed E-state index contributed by atoms with van der Waals surface area (Å²) in [7, 11) is 0. The zero-order chi connectivity index (χ0) is 21.3. The molecule has 4 saturated carbocycles. The molecule has 10 atom stereocenters. The van der Waals surface area contributed by atoms with Crippen LogP contribution in [0.3, 0.4) is 0 Å². The van der Waals surface area contributed by atoms with Crippen LogP contribution >= 0.6 is 0 Å². The standard InChI is InChI=1S/C26H42O4/c1-5-17-21-14-16(27)8-10-26(21,4)20-9-11-25(3)18(15(2)24-29-12-13-30-24)6-7-19(25)22(20)23(17)28/h15,17-24,28H,5-14H2,1-4H3/t15-,17?,18+,19?,20?,21-,22?,23+,25+,26+/m0/s1. The SMILES string of the molecule is CCC1[C@@H](O)C2C3CC[C@H]([C@H](C)C4OCCO4)[C@@]3(C)CCC2[C@@]2(C)CCC(=O)C[C@@H]12. The molecular formula is C26H42O4. The number of Topliss-reactive ketones (excluding diaryl/α,β-unsaturated/α-hetero) is 1. The van der Waals surface area contributed by atoms with Crippen LogP contribution in [0.2, 0.25) is 0 Å². The molecule has 30 heavy (non-hydrogen) atoms. The Bertz CT molecular complexity index is 672. The summed E-state index contributed by atoms with van der Waals surface area (Å²) in [4.78, 5) is 12.4. The van der Waals surface area contributed by atoms with Gasteiger partial charge in [0.2, 0.25) is 0 Å². The molecule has 0 amide bonds. The van der Waals surface area contributed by atoms with E-state index < -0.39 is 0 Å². The van der Waals surface area contributed by atoms with E-state index >= 15 is 0 Å². The van der Waals surface area contributed by atoms with Gasteiger partial charge >= 0.3 is 0 Å². The van der Waals surface area contributed by atoms with Gasteiger partial charge < -0.3 is 14.6 Å². The van der Waals surface area contributed by atoms with Gasteiger partial charge in [0.15, 0.2) is 6.29 Å². The van der Waals surface area contributed by atoms with Gasteiger partial charge in [0.1, 0.15) is 5.78 Å². The van der Waals surface area contributed by atoms with Gasteiger partial charge in [0, 0.05) is 18.8 Å². The lowest BCUT2D eigenvalue weighted by Crippen LogP contribution is -2.62. The molecule has 5 aliphatic rings. The van der Waals surface area contributed by atoms with E-state index in [1.54, 1.807) is 0 Å². The van der Waals surface area contributed by atoms with Crippen LogP contribution in [0.1, 0.15) is 79.1 Å².